The van der Waals surface area contributed by atoms with Crippen LogP contribution in [-0.2, 0) is 14.3 Å². The summed E-state index contributed by atoms with van der Waals surface area (Å²) in [6, 6.07) is 15.3. The SMILES string of the molecule is CCN(CC)C(=O)[C@@H](OC(=O)CCN1C(=O)c2ccccc2C1=O)c1ccccc1. The second kappa shape index (κ2) is 9.35. The molecule has 7 heteroatoms. The maximum atomic E-state index is 12.9. The number of carbonyl (C=O) groups excluding carboxylic acids is 4. The molecule has 0 saturated heterocycles. The second-order valence-corrected chi connectivity index (χ2v) is 6.85. The fourth-order valence-electron chi connectivity index (χ4n) is 3.43. The number of imide groups is 1. The van der Waals surface area contributed by atoms with Gasteiger partial charge in [-0.05, 0) is 26.0 Å². The van der Waals surface area contributed by atoms with Gasteiger partial charge in [0.05, 0.1) is 17.5 Å². The van der Waals surface area contributed by atoms with Gasteiger partial charge in [0.2, 0.25) is 6.10 Å². The molecule has 0 fully saturated rings. The predicted molar refractivity (Wildman–Crippen MR) is 110 cm³/mol. The lowest BCUT2D eigenvalue weighted by atomic mass is 10.1. The maximum Gasteiger partial charge on any atom is 0.308 e. The van der Waals surface area contributed by atoms with E-state index in [-0.39, 0.29) is 18.9 Å². The van der Waals surface area contributed by atoms with Crippen molar-refractivity contribution in [1.82, 2.24) is 9.80 Å². The van der Waals surface area contributed by atoms with Crippen LogP contribution in [0.2, 0.25) is 0 Å². The van der Waals surface area contributed by atoms with Crippen LogP contribution in [-0.4, -0.2) is 53.1 Å². The van der Waals surface area contributed by atoms with Gasteiger partial charge in [-0.3, -0.25) is 24.1 Å². The first kappa shape index (κ1) is 21.2. The zero-order chi connectivity index (χ0) is 21.7. The summed E-state index contributed by atoms with van der Waals surface area (Å²) in [5, 5.41) is 0. The maximum absolute atomic E-state index is 12.9. The van der Waals surface area contributed by atoms with Gasteiger partial charge < -0.3 is 9.64 Å². The number of benzene rings is 2. The van der Waals surface area contributed by atoms with E-state index in [1.54, 1.807) is 53.4 Å². The van der Waals surface area contributed by atoms with E-state index in [2.05, 4.69) is 0 Å². The van der Waals surface area contributed by atoms with Crippen molar-refractivity contribution in [3.8, 4) is 0 Å². The average molecular weight is 408 g/mol. The molecule has 156 valence electrons. The van der Waals surface area contributed by atoms with E-state index in [1.807, 2.05) is 19.9 Å². The monoisotopic (exact) mass is 408 g/mol. The Morgan fingerprint density at radius 1 is 0.900 bits per heavy atom. The molecule has 0 spiro atoms. The fraction of sp³-hybridized carbons (Fsp3) is 0.304. The molecule has 1 aliphatic heterocycles. The van der Waals surface area contributed by atoms with Gasteiger partial charge in [0.25, 0.3) is 17.7 Å². The van der Waals surface area contributed by atoms with Crippen LogP contribution in [0.4, 0.5) is 0 Å². The van der Waals surface area contributed by atoms with E-state index in [0.29, 0.717) is 29.8 Å². The minimum Gasteiger partial charge on any atom is -0.447 e. The van der Waals surface area contributed by atoms with Crippen molar-refractivity contribution in [2.24, 2.45) is 0 Å². The van der Waals surface area contributed by atoms with E-state index >= 15 is 0 Å². The zero-order valence-electron chi connectivity index (χ0n) is 17.0. The highest BCUT2D eigenvalue weighted by molar-refractivity contribution is 6.21. The molecule has 0 bridgehead atoms. The van der Waals surface area contributed by atoms with Crippen LogP contribution in [0.3, 0.4) is 0 Å². The van der Waals surface area contributed by atoms with E-state index in [9.17, 15) is 19.2 Å². The second-order valence-electron chi connectivity index (χ2n) is 6.85. The number of hydrogen-bond donors (Lipinski definition) is 0. The Bertz CT molecular complexity index is 918. The molecule has 2 aromatic rings. The van der Waals surface area contributed by atoms with Gasteiger partial charge >= 0.3 is 5.97 Å². The highest BCUT2D eigenvalue weighted by atomic mass is 16.5. The molecular formula is C23H24N2O5. The van der Waals surface area contributed by atoms with Crippen molar-refractivity contribution in [3.63, 3.8) is 0 Å². The van der Waals surface area contributed by atoms with E-state index < -0.39 is 23.9 Å². The summed E-state index contributed by atoms with van der Waals surface area (Å²) >= 11 is 0. The molecule has 3 rings (SSSR count). The summed E-state index contributed by atoms with van der Waals surface area (Å²) < 4.78 is 5.51. The molecule has 1 aliphatic rings. The Morgan fingerprint density at radius 3 is 1.97 bits per heavy atom. The predicted octanol–water partition coefficient (Wildman–Crippen LogP) is 2.83. The highest BCUT2D eigenvalue weighted by Crippen LogP contribution is 2.24. The Labute approximate surface area is 175 Å². The number of esters is 1. The fourth-order valence-corrected chi connectivity index (χ4v) is 3.43. The molecule has 0 aromatic heterocycles. The average Bonchev–Trinajstić information content (AvgIpc) is 3.02. The zero-order valence-corrected chi connectivity index (χ0v) is 17.0. The van der Waals surface area contributed by atoms with E-state index in [1.165, 1.54) is 0 Å². The summed E-state index contributed by atoms with van der Waals surface area (Å²) in [4.78, 5) is 52.9. The van der Waals surface area contributed by atoms with Crippen LogP contribution >= 0.6 is 0 Å². The minimum absolute atomic E-state index is 0.105. The summed E-state index contributed by atoms with van der Waals surface area (Å²) in [5.74, 6) is -1.81. The Kier molecular flexibility index (Phi) is 6.61. The number of nitrogens with zero attached hydrogens (tertiary/aromatic N) is 2. The van der Waals surface area contributed by atoms with Gasteiger partial charge in [0.1, 0.15) is 0 Å². The van der Waals surface area contributed by atoms with Crippen molar-refractivity contribution in [1.29, 1.82) is 0 Å². The first-order valence-electron chi connectivity index (χ1n) is 9.96. The molecule has 3 amide bonds. The standard InChI is InChI=1S/C23H24N2O5/c1-3-24(4-2)23(29)20(16-10-6-5-7-11-16)30-19(26)14-15-25-21(27)17-12-8-9-13-18(17)22(25)28/h5-13,20H,3-4,14-15H2,1-2H3/t20-/m0/s1. The number of carbonyl (C=O) groups is 4. The number of likely N-dealkylation sites (N-methyl/N-ethyl adjacent to an activating group) is 1. The number of fused-ring (bicyclic) bond motifs is 1. The van der Waals surface area contributed by atoms with Crippen molar-refractivity contribution < 1.29 is 23.9 Å². The van der Waals surface area contributed by atoms with Crippen LogP contribution in [0, 0.1) is 0 Å². The van der Waals surface area contributed by atoms with Crippen molar-refractivity contribution in [3.05, 3.63) is 71.3 Å². The molecule has 0 aliphatic carbocycles. The summed E-state index contributed by atoms with van der Waals surface area (Å²) in [6.07, 6.45) is -1.26. The third-order valence-electron chi connectivity index (χ3n) is 5.07. The molecule has 7 nitrogen and oxygen atoms in total. The normalized spacial score (nSPS) is 13.7. The van der Waals surface area contributed by atoms with Crippen LogP contribution in [0.25, 0.3) is 0 Å². The first-order valence-corrected chi connectivity index (χ1v) is 9.96. The number of hydrogen-bond acceptors (Lipinski definition) is 5. The van der Waals surface area contributed by atoms with Crippen molar-refractivity contribution >= 4 is 23.7 Å². The molecule has 0 saturated carbocycles. The van der Waals surface area contributed by atoms with Gasteiger partial charge in [-0.1, -0.05) is 42.5 Å². The first-order chi connectivity index (χ1) is 14.5. The summed E-state index contributed by atoms with van der Waals surface area (Å²) in [5.41, 5.74) is 1.23. The molecule has 1 heterocycles. The van der Waals surface area contributed by atoms with Crippen LogP contribution in [0.15, 0.2) is 54.6 Å². The Hall–Kier alpha value is -3.48. The molecule has 1 atom stereocenters. The van der Waals surface area contributed by atoms with Crippen LogP contribution in [0.5, 0.6) is 0 Å². The van der Waals surface area contributed by atoms with Crippen molar-refractivity contribution in [2.75, 3.05) is 19.6 Å². The van der Waals surface area contributed by atoms with E-state index in [4.69, 9.17) is 4.74 Å². The van der Waals surface area contributed by atoms with Crippen LogP contribution < -0.4 is 0 Å². The lowest BCUT2D eigenvalue weighted by Crippen LogP contribution is -2.37. The molecule has 30 heavy (non-hydrogen) atoms. The quantitative estimate of drug-likeness (QED) is 0.495. The summed E-state index contributed by atoms with van der Waals surface area (Å²) in [7, 11) is 0. The largest absolute Gasteiger partial charge is 0.447 e. The Morgan fingerprint density at radius 2 is 1.43 bits per heavy atom. The third kappa shape index (κ3) is 4.25. The smallest absolute Gasteiger partial charge is 0.308 e. The van der Waals surface area contributed by atoms with E-state index in [0.717, 1.165) is 4.90 Å². The van der Waals surface area contributed by atoms with Gasteiger partial charge in [-0.15, -0.1) is 0 Å². The molecule has 0 unspecified atom stereocenters. The minimum atomic E-state index is -1.07. The van der Waals surface area contributed by atoms with Gasteiger partial charge in [-0.25, -0.2) is 0 Å². The van der Waals surface area contributed by atoms with Gasteiger partial charge in [-0.2, -0.15) is 0 Å². The van der Waals surface area contributed by atoms with Crippen LogP contribution in [0.1, 0.15) is 52.7 Å². The topological polar surface area (TPSA) is 84.0 Å². The Balaban J connectivity index is 1.69. The highest BCUT2D eigenvalue weighted by Gasteiger charge is 2.35. The summed E-state index contributed by atoms with van der Waals surface area (Å²) in [6.45, 7) is 4.59. The molecule has 0 N–H and O–H groups in total. The number of ether oxygens (including phenoxy) is 1. The molecule has 0 radical (unpaired) electrons. The number of rotatable bonds is 8. The van der Waals surface area contributed by atoms with Gasteiger partial charge in [0.15, 0.2) is 0 Å². The number of amides is 3. The molecular weight excluding hydrogens is 384 g/mol. The lowest BCUT2D eigenvalue weighted by Gasteiger charge is -2.25. The van der Waals surface area contributed by atoms with Gasteiger partial charge in [0, 0.05) is 25.2 Å². The third-order valence-corrected chi connectivity index (χ3v) is 5.07. The molecule has 2 aromatic carbocycles. The lowest BCUT2D eigenvalue weighted by molar-refractivity contribution is -0.160. The van der Waals surface area contributed by atoms with Crippen molar-refractivity contribution in [2.45, 2.75) is 26.4 Å².